The van der Waals surface area contributed by atoms with Crippen LogP contribution in [0, 0.1) is 5.82 Å². The summed E-state index contributed by atoms with van der Waals surface area (Å²) < 4.78 is 13.1. The number of carbonyl (C=O) groups excluding carboxylic acids is 1. The standard InChI is InChI=1S/C13H9ClFNO/c14-12-5-4-9(15)7-11(12)13(17)8-2-1-3-10(16)6-8/h1-7H,16H2. The predicted molar refractivity (Wildman–Crippen MR) is 65.7 cm³/mol. The summed E-state index contributed by atoms with van der Waals surface area (Å²) in [6.45, 7) is 0. The molecule has 0 atom stereocenters. The fourth-order valence-electron chi connectivity index (χ4n) is 1.51. The molecule has 2 aromatic carbocycles. The third kappa shape index (κ3) is 2.45. The Morgan fingerprint density at radius 2 is 1.94 bits per heavy atom. The van der Waals surface area contributed by atoms with Crippen LogP contribution in [0.15, 0.2) is 42.5 Å². The van der Waals surface area contributed by atoms with Crippen molar-refractivity contribution in [3.63, 3.8) is 0 Å². The van der Waals surface area contributed by atoms with Crippen LogP contribution in [0.2, 0.25) is 5.02 Å². The van der Waals surface area contributed by atoms with Crippen LogP contribution in [-0.4, -0.2) is 5.78 Å². The Balaban J connectivity index is 2.47. The normalized spacial score (nSPS) is 10.2. The second-order valence-corrected chi connectivity index (χ2v) is 3.99. The monoisotopic (exact) mass is 249 g/mol. The predicted octanol–water partition coefficient (Wildman–Crippen LogP) is 3.29. The molecule has 0 radical (unpaired) electrons. The van der Waals surface area contributed by atoms with Crippen LogP contribution in [-0.2, 0) is 0 Å². The molecule has 0 spiro atoms. The zero-order chi connectivity index (χ0) is 12.4. The van der Waals surface area contributed by atoms with Crippen molar-refractivity contribution >= 4 is 23.1 Å². The van der Waals surface area contributed by atoms with Crippen LogP contribution in [0.4, 0.5) is 10.1 Å². The molecule has 2 aromatic rings. The molecule has 0 saturated carbocycles. The van der Waals surface area contributed by atoms with E-state index in [2.05, 4.69) is 0 Å². The average Bonchev–Trinajstić information content (AvgIpc) is 2.31. The van der Waals surface area contributed by atoms with Gasteiger partial charge in [0.25, 0.3) is 0 Å². The van der Waals surface area contributed by atoms with Crippen molar-refractivity contribution in [2.75, 3.05) is 5.73 Å². The summed E-state index contributed by atoms with van der Waals surface area (Å²) in [6, 6.07) is 10.2. The summed E-state index contributed by atoms with van der Waals surface area (Å²) in [5.74, 6) is -0.844. The number of anilines is 1. The lowest BCUT2D eigenvalue weighted by molar-refractivity contribution is 0.103. The third-order valence-corrected chi connectivity index (χ3v) is 2.65. The van der Waals surface area contributed by atoms with E-state index in [1.54, 1.807) is 18.2 Å². The Morgan fingerprint density at radius 1 is 1.18 bits per heavy atom. The second kappa shape index (κ2) is 4.55. The number of halogens is 2. The first-order chi connectivity index (χ1) is 8.08. The molecule has 86 valence electrons. The first kappa shape index (κ1) is 11.6. The Hall–Kier alpha value is -1.87. The molecule has 0 aliphatic carbocycles. The van der Waals surface area contributed by atoms with E-state index >= 15 is 0 Å². The smallest absolute Gasteiger partial charge is 0.194 e. The number of hydrogen-bond donors (Lipinski definition) is 1. The summed E-state index contributed by atoms with van der Waals surface area (Å²) in [6.07, 6.45) is 0. The van der Waals surface area contributed by atoms with Gasteiger partial charge in [-0.3, -0.25) is 4.79 Å². The Bertz CT molecular complexity index is 583. The van der Waals surface area contributed by atoms with Crippen LogP contribution in [0.3, 0.4) is 0 Å². The van der Waals surface area contributed by atoms with Gasteiger partial charge in [-0.05, 0) is 30.3 Å². The van der Waals surface area contributed by atoms with E-state index in [1.807, 2.05) is 0 Å². The molecule has 0 aliphatic rings. The van der Waals surface area contributed by atoms with Crippen LogP contribution < -0.4 is 5.73 Å². The van der Waals surface area contributed by atoms with Crippen molar-refractivity contribution in [1.82, 2.24) is 0 Å². The molecule has 2 nitrogen and oxygen atoms in total. The topological polar surface area (TPSA) is 43.1 Å². The SMILES string of the molecule is Nc1cccc(C(=O)c2cc(F)ccc2Cl)c1. The molecule has 2 N–H and O–H groups in total. The fraction of sp³-hybridized carbons (Fsp3) is 0. The number of nitrogens with two attached hydrogens (primary N) is 1. The largest absolute Gasteiger partial charge is 0.399 e. The summed E-state index contributed by atoms with van der Waals surface area (Å²) in [5.41, 5.74) is 6.58. The van der Waals surface area contributed by atoms with Crippen LogP contribution in [0.5, 0.6) is 0 Å². The maximum atomic E-state index is 13.1. The lowest BCUT2D eigenvalue weighted by atomic mass is 10.0. The van der Waals surface area contributed by atoms with E-state index in [1.165, 1.54) is 18.2 Å². The van der Waals surface area contributed by atoms with Crippen LogP contribution in [0.1, 0.15) is 15.9 Å². The number of nitrogen functional groups attached to an aromatic ring is 1. The van der Waals surface area contributed by atoms with Gasteiger partial charge in [-0.1, -0.05) is 23.7 Å². The molecule has 0 amide bonds. The van der Waals surface area contributed by atoms with E-state index in [4.69, 9.17) is 17.3 Å². The van der Waals surface area contributed by atoms with E-state index in [-0.39, 0.29) is 16.4 Å². The van der Waals surface area contributed by atoms with Crippen LogP contribution >= 0.6 is 11.6 Å². The molecule has 17 heavy (non-hydrogen) atoms. The molecule has 2 rings (SSSR count). The molecular formula is C13H9ClFNO. The third-order valence-electron chi connectivity index (χ3n) is 2.32. The van der Waals surface area contributed by atoms with Gasteiger partial charge >= 0.3 is 0 Å². The summed E-state index contributed by atoms with van der Waals surface area (Å²) in [7, 11) is 0. The maximum absolute atomic E-state index is 13.1. The summed E-state index contributed by atoms with van der Waals surface area (Å²) >= 11 is 5.86. The number of rotatable bonds is 2. The van der Waals surface area contributed by atoms with Crippen molar-refractivity contribution < 1.29 is 9.18 Å². The molecule has 0 bridgehead atoms. The van der Waals surface area contributed by atoms with Gasteiger partial charge in [0.05, 0.1) is 5.02 Å². The highest BCUT2D eigenvalue weighted by Crippen LogP contribution is 2.21. The lowest BCUT2D eigenvalue weighted by Crippen LogP contribution is -2.03. The van der Waals surface area contributed by atoms with Crippen molar-refractivity contribution in [3.05, 3.63) is 64.4 Å². The van der Waals surface area contributed by atoms with Gasteiger partial charge in [-0.2, -0.15) is 0 Å². The van der Waals surface area contributed by atoms with Crippen molar-refractivity contribution in [2.45, 2.75) is 0 Å². The highest BCUT2D eigenvalue weighted by molar-refractivity contribution is 6.35. The van der Waals surface area contributed by atoms with Crippen molar-refractivity contribution in [3.8, 4) is 0 Å². The quantitative estimate of drug-likeness (QED) is 0.656. The fourth-order valence-corrected chi connectivity index (χ4v) is 1.71. The zero-order valence-corrected chi connectivity index (χ0v) is 9.54. The van der Waals surface area contributed by atoms with Gasteiger partial charge in [0.2, 0.25) is 0 Å². The minimum atomic E-state index is -0.498. The molecule has 0 fully saturated rings. The Kier molecular flexibility index (Phi) is 3.11. The van der Waals surface area contributed by atoms with Crippen molar-refractivity contribution in [1.29, 1.82) is 0 Å². The second-order valence-electron chi connectivity index (χ2n) is 3.58. The number of hydrogen-bond acceptors (Lipinski definition) is 2. The molecule has 0 unspecified atom stereocenters. The lowest BCUT2D eigenvalue weighted by Gasteiger charge is -2.04. The van der Waals surface area contributed by atoms with E-state index < -0.39 is 5.82 Å². The van der Waals surface area contributed by atoms with Crippen molar-refractivity contribution in [2.24, 2.45) is 0 Å². The number of benzene rings is 2. The number of ketones is 1. The van der Waals surface area contributed by atoms with Gasteiger partial charge in [0, 0.05) is 16.8 Å². The first-order valence-corrected chi connectivity index (χ1v) is 5.31. The van der Waals surface area contributed by atoms with Gasteiger partial charge in [0.1, 0.15) is 5.82 Å². The minimum absolute atomic E-state index is 0.136. The highest BCUT2D eigenvalue weighted by atomic mass is 35.5. The van der Waals surface area contributed by atoms with E-state index in [0.29, 0.717) is 11.3 Å². The number of carbonyl (C=O) groups is 1. The van der Waals surface area contributed by atoms with Gasteiger partial charge in [-0.15, -0.1) is 0 Å². The first-order valence-electron chi connectivity index (χ1n) is 4.93. The van der Waals surface area contributed by atoms with Crippen LogP contribution in [0.25, 0.3) is 0 Å². The van der Waals surface area contributed by atoms with Gasteiger partial charge in [-0.25, -0.2) is 4.39 Å². The summed E-state index contributed by atoms with van der Waals surface area (Å²) in [4.78, 5) is 12.1. The molecule has 0 heterocycles. The molecular weight excluding hydrogens is 241 g/mol. The Morgan fingerprint density at radius 3 is 2.65 bits per heavy atom. The van der Waals surface area contributed by atoms with E-state index in [0.717, 1.165) is 6.07 Å². The molecule has 0 saturated heterocycles. The molecule has 0 aromatic heterocycles. The van der Waals surface area contributed by atoms with E-state index in [9.17, 15) is 9.18 Å². The zero-order valence-electron chi connectivity index (χ0n) is 8.78. The maximum Gasteiger partial charge on any atom is 0.194 e. The Labute approximate surface area is 103 Å². The highest BCUT2D eigenvalue weighted by Gasteiger charge is 2.13. The average molecular weight is 250 g/mol. The molecule has 0 aliphatic heterocycles. The van der Waals surface area contributed by atoms with Gasteiger partial charge in [0.15, 0.2) is 5.78 Å². The molecule has 4 heteroatoms. The van der Waals surface area contributed by atoms with Gasteiger partial charge < -0.3 is 5.73 Å². The minimum Gasteiger partial charge on any atom is -0.399 e. The summed E-state index contributed by atoms with van der Waals surface area (Å²) in [5, 5.41) is 0.221.